The third-order valence-corrected chi connectivity index (χ3v) is 3.40. The van der Waals surface area contributed by atoms with Gasteiger partial charge in [0.15, 0.2) is 40.5 Å². The summed E-state index contributed by atoms with van der Waals surface area (Å²) in [7, 11) is -24.4. The smallest absolute Gasteiger partial charge is 0.741 e. The molecule has 214 valence electrons. The van der Waals surface area contributed by atoms with Crippen molar-refractivity contribution in [1.82, 2.24) is 0 Å². The van der Waals surface area contributed by atoms with Crippen molar-refractivity contribution in [1.29, 1.82) is 0 Å². The Labute approximate surface area is 201 Å². The summed E-state index contributed by atoms with van der Waals surface area (Å²) in [5, 5.41) is 0. The Balaban J connectivity index is -0.0000000754. The molecule has 0 aromatic rings. The second kappa shape index (κ2) is 14.5. The van der Waals surface area contributed by atoms with Crippen molar-refractivity contribution in [2.45, 2.75) is 22.0 Å². The molecule has 0 saturated carbocycles. The first-order valence-electron chi connectivity index (χ1n) is 5.08. The van der Waals surface area contributed by atoms with E-state index in [1.165, 1.54) is 0 Å². The van der Waals surface area contributed by atoms with Gasteiger partial charge in [-0.15, -0.1) is 0 Å². The fourth-order valence-electron chi connectivity index (χ4n) is 0. The van der Waals surface area contributed by atoms with Crippen LogP contribution in [0.3, 0.4) is 0 Å². The Kier molecular flexibility index (Phi) is 20.1. The third kappa shape index (κ3) is 23.6. The number of hydrogen-bond donors (Lipinski definition) is 0. The van der Waals surface area contributed by atoms with E-state index in [0.29, 0.717) is 0 Å². The van der Waals surface area contributed by atoms with E-state index in [-0.39, 0.29) is 34.1 Å². The molecular formula is C4CuF12MnO12S4. The van der Waals surface area contributed by atoms with Crippen LogP contribution in [0.4, 0.5) is 52.7 Å². The van der Waals surface area contributed by atoms with E-state index in [1.54, 1.807) is 0 Å². The Hall–Kier alpha value is -0.161. The second-order valence-corrected chi connectivity index (χ2v) is 9.08. The number of halogens is 12. The SMILES string of the molecule is O=S(=O)([O-])C(F)(F)F.O=S(=O)([O-])C(F)(F)F.O=S(=O)([O-])C(F)(F)F.O=S(=O)([O-])C(F)(F)F.[Cu+2].[Mn+2]. The summed E-state index contributed by atoms with van der Waals surface area (Å²) in [5.41, 5.74) is -22.6. The fourth-order valence-corrected chi connectivity index (χ4v) is 0. The van der Waals surface area contributed by atoms with E-state index in [2.05, 4.69) is 0 Å². The van der Waals surface area contributed by atoms with Crippen LogP contribution in [0.15, 0.2) is 0 Å². The molecule has 12 nitrogen and oxygen atoms in total. The van der Waals surface area contributed by atoms with Crippen molar-refractivity contribution in [2.75, 3.05) is 0 Å². The van der Waals surface area contributed by atoms with E-state index in [9.17, 15) is 52.7 Å². The van der Waals surface area contributed by atoms with Gasteiger partial charge in [-0.1, -0.05) is 0 Å². The van der Waals surface area contributed by atoms with Crippen molar-refractivity contribution in [3.05, 3.63) is 0 Å². The molecule has 0 heterocycles. The minimum absolute atomic E-state index is 0. The van der Waals surface area contributed by atoms with Gasteiger partial charge in [0.25, 0.3) is 0 Å². The Morgan fingerprint density at radius 3 is 0.382 bits per heavy atom. The van der Waals surface area contributed by atoms with Crippen LogP contribution in [0.1, 0.15) is 0 Å². The van der Waals surface area contributed by atoms with Gasteiger partial charge >= 0.3 is 56.2 Å². The van der Waals surface area contributed by atoms with Crippen LogP contribution >= 0.6 is 0 Å². The van der Waals surface area contributed by atoms with Crippen molar-refractivity contribution in [3.63, 3.8) is 0 Å². The molecule has 0 unspecified atom stereocenters. The van der Waals surface area contributed by atoms with Crippen molar-refractivity contribution in [3.8, 4) is 0 Å². The predicted octanol–water partition coefficient (Wildman–Crippen LogP) is 0.201. The van der Waals surface area contributed by atoms with Gasteiger partial charge in [-0.05, 0) is 0 Å². The zero-order valence-electron chi connectivity index (χ0n) is 13.7. The van der Waals surface area contributed by atoms with Crippen molar-refractivity contribution in [2.24, 2.45) is 0 Å². The molecule has 0 bridgehead atoms. The fraction of sp³-hybridized carbons (Fsp3) is 1.00. The summed E-state index contributed by atoms with van der Waals surface area (Å²) in [5.74, 6) is 0. The van der Waals surface area contributed by atoms with Gasteiger partial charge in [-0.2, -0.15) is 52.7 Å². The molecule has 0 aliphatic carbocycles. The minimum atomic E-state index is -6.09. The molecule has 0 aromatic heterocycles. The predicted molar refractivity (Wildman–Crippen MR) is 63.0 cm³/mol. The zero-order chi connectivity index (χ0) is 28.0. The maximum Gasteiger partial charge on any atom is 2.00 e. The maximum absolute atomic E-state index is 10.7. The molecule has 0 rings (SSSR count). The molecule has 2 radical (unpaired) electrons. The average molecular weight is 715 g/mol. The number of hydrogen-bond acceptors (Lipinski definition) is 12. The normalized spacial score (nSPS) is 13.2. The van der Waals surface area contributed by atoms with Crippen LogP contribution < -0.4 is 0 Å². The molecule has 0 aliphatic heterocycles. The third-order valence-electron chi connectivity index (χ3n) is 1.13. The topological polar surface area (TPSA) is 229 Å². The Morgan fingerprint density at radius 2 is 0.382 bits per heavy atom. The Morgan fingerprint density at radius 1 is 0.353 bits per heavy atom. The molecule has 0 atom stereocenters. The summed E-state index contributed by atoms with van der Waals surface area (Å²) in [6, 6.07) is 0. The summed E-state index contributed by atoms with van der Waals surface area (Å²) in [4.78, 5) is 0. The molecular weight excluding hydrogens is 715 g/mol. The molecule has 0 aliphatic rings. The minimum Gasteiger partial charge on any atom is -0.741 e. The number of alkyl halides is 12. The monoisotopic (exact) mass is 714 g/mol. The molecule has 0 spiro atoms. The van der Waals surface area contributed by atoms with Crippen LogP contribution in [-0.4, -0.2) is 73.9 Å². The van der Waals surface area contributed by atoms with Gasteiger partial charge in [0, 0.05) is 0 Å². The van der Waals surface area contributed by atoms with Gasteiger partial charge < -0.3 is 18.2 Å². The summed E-state index contributed by atoms with van der Waals surface area (Å²) in [6.45, 7) is 0. The van der Waals surface area contributed by atoms with E-state index in [0.717, 1.165) is 0 Å². The largest absolute Gasteiger partial charge is 2.00 e. The van der Waals surface area contributed by atoms with Crippen molar-refractivity contribution < 1.29 is 139 Å². The Bertz CT molecular complexity index is 835. The van der Waals surface area contributed by atoms with Gasteiger partial charge in [0.2, 0.25) is 0 Å². The molecule has 0 fully saturated rings. The quantitative estimate of drug-likeness (QED) is 0.142. The molecule has 0 aromatic carbocycles. The van der Waals surface area contributed by atoms with Gasteiger partial charge in [0.05, 0.1) is 0 Å². The number of rotatable bonds is 0. The molecule has 0 amide bonds. The standard InChI is InChI=1S/4CHF3O3S.Cu.Mn/c4*2-1(3,4)8(5,6)7;;/h4*(H,5,6,7);;/q;;;;2*+2/p-4. The molecule has 34 heavy (non-hydrogen) atoms. The first-order chi connectivity index (χ1) is 13.0. The average Bonchev–Trinajstić information content (AvgIpc) is 2.30. The molecule has 0 N–H and O–H groups in total. The van der Waals surface area contributed by atoms with Gasteiger partial charge in [0.1, 0.15) is 0 Å². The van der Waals surface area contributed by atoms with Crippen LogP contribution in [0.25, 0.3) is 0 Å². The van der Waals surface area contributed by atoms with Crippen LogP contribution in [-0.2, 0) is 74.6 Å². The first-order valence-corrected chi connectivity index (χ1v) is 10.7. The summed E-state index contributed by atoms with van der Waals surface area (Å²) >= 11 is 0. The van der Waals surface area contributed by atoms with Crippen molar-refractivity contribution >= 4 is 40.5 Å². The van der Waals surface area contributed by atoms with Gasteiger partial charge in [-0.25, -0.2) is 33.7 Å². The van der Waals surface area contributed by atoms with E-state index in [1.807, 2.05) is 0 Å². The summed E-state index contributed by atoms with van der Waals surface area (Å²) in [6.07, 6.45) is 0. The van der Waals surface area contributed by atoms with E-state index < -0.39 is 62.5 Å². The van der Waals surface area contributed by atoms with E-state index in [4.69, 9.17) is 51.9 Å². The summed E-state index contributed by atoms with van der Waals surface area (Å²) < 4.78 is 236. The van der Waals surface area contributed by atoms with Crippen LogP contribution in [0.5, 0.6) is 0 Å². The zero-order valence-corrected chi connectivity index (χ0v) is 19.1. The van der Waals surface area contributed by atoms with Crippen LogP contribution in [0, 0.1) is 0 Å². The maximum atomic E-state index is 10.7. The van der Waals surface area contributed by atoms with E-state index >= 15 is 0 Å². The second-order valence-electron chi connectivity index (χ2n) is 3.60. The first kappa shape index (κ1) is 47.1. The van der Waals surface area contributed by atoms with Crippen LogP contribution in [0.2, 0.25) is 0 Å². The van der Waals surface area contributed by atoms with Gasteiger partial charge in [-0.3, -0.25) is 0 Å². The molecule has 0 saturated heterocycles. The molecule has 30 heteroatoms.